The molecule has 302 valence electrons. The summed E-state index contributed by atoms with van der Waals surface area (Å²) in [6.45, 7) is 15.1. The Hall–Kier alpha value is -4.22. The van der Waals surface area contributed by atoms with E-state index >= 15 is 0 Å². The Bertz CT molecular complexity index is 1560. The first-order chi connectivity index (χ1) is 26.1. The molecule has 0 unspecified atom stereocenters. The summed E-state index contributed by atoms with van der Waals surface area (Å²) in [6.07, 6.45) is 8.01. The first kappa shape index (κ1) is 43.5. The number of hydroxylamine groups is 2. The van der Waals surface area contributed by atoms with Gasteiger partial charge in [0.15, 0.2) is 0 Å². The highest BCUT2D eigenvalue weighted by Crippen LogP contribution is 2.36. The summed E-state index contributed by atoms with van der Waals surface area (Å²) >= 11 is 0. The van der Waals surface area contributed by atoms with E-state index in [2.05, 4.69) is 42.8 Å². The number of ether oxygens (including phenoxy) is 1. The van der Waals surface area contributed by atoms with E-state index in [1.807, 2.05) is 94.4 Å². The van der Waals surface area contributed by atoms with Crippen LogP contribution in [0.4, 0.5) is 4.79 Å². The normalized spacial score (nSPS) is 20.2. The Balaban J connectivity index is 1.46. The Morgan fingerprint density at radius 2 is 1.53 bits per heavy atom. The zero-order valence-corrected chi connectivity index (χ0v) is 34.1. The van der Waals surface area contributed by atoms with E-state index in [1.165, 1.54) is 5.06 Å². The number of carbonyl (C=O) groups is 4. The third-order valence-electron chi connectivity index (χ3n) is 10.7. The molecule has 0 aromatic heterocycles. The highest BCUT2D eigenvalue weighted by Gasteiger charge is 2.46. The average Bonchev–Trinajstić information content (AvgIpc) is 3.63. The maximum absolute atomic E-state index is 14.3. The maximum atomic E-state index is 14.3. The van der Waals surface area contributed by atoms with Gasteiger partial charge < -0.3 is 30.8 Å². The highest BCUT2D eigenvalue weighted by atomic mass is 16.5. The zero-order chi connectivity index (χ0) is 40.2. The van der Waals surface area contributed by atoms with Gasteiger partial charge in [-0.15, -0.1) is 0 Å². The summed E-state index contributed by atoms with van der Waals surface area (Å²) in [6, 6.07) is 17.5. The number of amides is 4. The van der Waals surface area contributed by atoms with Gasteiger partial charge in [0.2, 0.25) is 17.7 Å². The molecule has 2 heterocycles. The minimum Gasteiger partial charge on any atom is -0.445 e. The second-order valence-corrected chi connectivity index (χ2v) is 17.2. The summed E-state index contributed by atoms with van der Waals surface area (Å²) in [5, 5.41) is 21.1. The molecule has 4 N–H and O–H groups in total. The van der Waals surface area contributed by atoms with Crippen molar-refractivity contribution in [2.45, 2.75) is 136 Å². The smallest absolute Gasteiger partial charge is 0.407 e. The summed E-state index contributed by atoms with van der Waals surface area (Å²) in [5.74, 6) is -0.366. The Labute approximate surface area is 328 Å². The van der Waals surface area contributed by atoms with Gasteiger partial charge in [-0.05, 0) is 102 Å². The molecule has 4 amide bonds. The van der Waals surface area contributed by atoms with Crippen LogP contribution in [0.1, 0.15) is 105 Å². The molecular formula is C44H65N5O6. The van der Waals surface area contributed by atoms with Crippen LogP contribution in [0.25, 0.3) is 0 Å². The summed E-state index contributed by atoms with van der Waals surface area (Å²) in [5.41, 5.74) is 0.766. The number of hydrogen-bond donors (Lipinski definition) is 4. The minimum atomic E-state index is -0.900. The molecule has 2 aromatic rings. The lowest BCUT2D eigenvalue weighted by Crippen LogP contribution is -2.64. The van der Waals surface area contributed by atoms with E-state index in [-0.39, 0.29) is 43.3 Å². The first-order valence-electron chi connectivity index (χ1n) is 20.1. The largest absolute Gasteiger partial charge is 0.445 e. The molecule has 0 aliphatic carbocycles. The van der Waals surface area contributed by atoms with Crippen LogP contribution < -0.4 is 16.0 Å². The molecular weight excluding hydrogens is 695 g/mol. The molecule has 2 aliphatic heterocycles. The van der Waals surface area contributed by atoms with Crippen LogP contribution >= 0.6 is 0 Å². The topological polar surface area (TPSA) is 140 Å². The molecule has 2 aromatic carbocycles. The number of nitrogens with zero attached hydrogens (tertiary/aromatic N) is 2. The molecule has 2 fully saturated rings. The third kappa shape index (κ3) is 13.2. The van der Waals surface area contributed by atoms with Gasteiger partial charge in [0.25, 0.3) is 0 Å². The van der Waals surface area contributed by atoms with Crippen molar-refractivity contribution in [2.75, 3.05) is 13.1 Å². The van der Waals surface area contributed by atoms with Crippen molar-refractivity contribution >= 4 is 23.8 Å². The lowest BCUT2D eigenvalue weighted by atomic mass is 9.79. The van der Waals surface area contributed by atoms with Crippen LogP contribution in [0.3, 0.4) is 0 Å². The second kappa shape index (κ2) is 20.1. The number of alkyl carbamates (subject to hydrolysis) is 1. The molecule has 2 saturated heterocycles. The Morgan fingerprint density at radius 3 is 2.15 bits per heavy atom. The number of carbonyl (C=O) groups excluding carboxylic acids is 4. The first-order valence-corrected chi connectivity index (χ1v) is 20.1. The number of likely N-dealkylation sites (tertiary alicyclic amines) is 1. The predicted octanol–water partition coefficient (Wildman–Crippen LogP) is 6.79. The van der Waals surface area contributed by atoms with Crippen molar-refractivity contribution in [1.82, 2.24) is 25.9 Å². The van der Waals surface area contributed by atoms with E-state index in [0.29, 0.717) is 56.9 Å². The van der Waals surface area contributed by atoms with E-state index in [1.54, 1.807) is 4.90 Å². The van der Waals surface area contributed by atoms with Gasteiger partial charge in [-0.25, -0.2) is 4.79 Å². The average molecular weight is 760 g/mol. The van der Waals surface area contributed by atoms with Crippen molar-refractivity contribution in [2.24, 2.45) is 17.8 Å². The van der Waals surface area contributed by atoms with Crippen LogP contribution in [-0.4, -0.2) is 81.3 Å². The van der Waals surface area contributed by atoms with Gasteiger partial charge in [-0.3, -0.25) is 14.4 Å². The van der Waals surface area contributed by atoms with Crippen LogP contribution in [0, 0.1) is 17.8 Å². The molecule has 2 aliphatic rings. The third-order valence-corrected chi connectivity index (χ3v) is 10.7. The fraction of sp³-hybridized carbons (Fsp3) is 0.591. The lowest BCUT2D eigenvalue weighted by molar-refractivity contribution is -0.246. The van der Waals surface area contributed by atoms with Crippen molar-refractivity contribution in [3.63, 3.8) is 0 Å². The van der Waals surface area contributed by atoms with E-state index in [9.17, 15) is 24.4 Å². The Kier molecular flexibility index (Phi) is 15.9. The van der Waals surface area contributed by atoms with E-state index in [4.69, 9.17) is 4.74 Å². The van der Waals surface area contributed by atoms with Gasteiger partial charge in [0, 0.05) is 30.2 Å². The van der Waals surface area contributed by atoms with Gasteiger partial charge in [-0.1, -0.05) is 93.6 Å². The standard InChI is InChI=1S/C44H65N5O6/c1-31(2)26-32(3)22-23-35(27-33-16-10-8-11-17-33)41(52)48-25-15-21-38(48)40(51)47-37(20-14-24-45-42(53)55-30-34-18-12-9-13-19-34)39(50)46-36-28-43(4,5)49(54)44(6,7)29-36/h8-13,16-19,22-23,31-32,35-38,54H,14-15,20-21,24-30H2,1-7H3,(H,45,53)(H,46,50)(H,47,51)/b23-22+/t32-,35-,37-,38+/m1/s1. The number of nitrogens with one attached hydrogen (secondary N) is 3. The van der Waals surface area contributed by atoms with Crippen molar-refractivity contribution in [3.8, 4) is 0 Å². The fourth-order valence-corrected chi connectivity index (χ4v) is 8.25. The number of hydrogen-bond acceptors (Lipinski definition) is 7. The quantitative estimate of drug-likeness (QED) is 0.103. The van der Waals surface area contributed by atoms with Gasteiger partial charge >= 0.3 is 6.09 Å². The van der Waals surface area contributed by atoms with Crippen molar-refractivity contribution in [3.05, 3.63) is 83.9 Å². The molecule has 0 spiro atoms. The number of benzene rings is 2. The summed E-state index contributed by atoms with van der Waals surface area (Å²) in [7, 11) is 0. The summed E-state index contributed by atoms with van der Waals surface area (Å²) < 4.78 is 5.34. The molecule has 11 heteroatoms. The van der Waals surface area contributed by atoms with Gasteiger partial charge in [0.05, 0.1) is 5.92 Å². The number of piperidine rings is 1. The summed E-state index contributed by atoms with van der Waals surface area (Å²) in [4.78, 5) is 56.5. The van der Waals surface area contributed by atoms with E-state index < -0.39 is 35.2 Å². The van der Waals surface area contributed by atoms with Crippen LogP contribution in [0.15, 0.2) is 72.8 Å². The van der Waals surface area contributed by atoms with Crippen molar-refractivity contribution in [1.29, 1.82) is 0 Å². The second-order valence-electron chi connectivity index (χ2n) is 17.2. The number of rotatable bonds is 17. The van der Waals surface area contributed by atoms with Gasteiger partial charge in [-0.2, -0.15) is 5.06 Å². The monoisotopic (exact) mass is 759 g/mol. The highest BCUT2D eigenvalue weighted by molar-refractivity contribution is 5.93. The fourth-order valence-electron chi connectivity index (χ4n) is 8.25. The zero-order valence-electron chi connectivity index (χ0n) is 34.1. The van der Waals surface area contributed by atoms with Crippen LogP contribution in [0.5, 0.6) is 0 Å². The molecule has 55 heavy (non-hydrogen) atoms. The minimum absolute atomic E-state index is 0.0889. The molecule has 4 rings (SSSR count). The predicted molar refractivity (Wildman–Crippen MR) is 215 cm³/mol. The van der Waals surface area contributed by atoms with E-state index in [0.717, 1.165) is 17.5 Å². The molecule has 0 bridgehead atoms. The lowest BCUT2D eigenvalue weighted by Gasteiger charge is -2.51. The van der Waals surface area contributed by atoms with Crippen molar-refractivity contribution < 1.29 is 29.1 Å². The SMILES string of the molecule is CC(C)C[C@H](C)/C=C/[C@H](Cc1ccccc1)C(=O)N1CCC[C@H]1C(=O)N[C@H](CCCNC(=O)OCc1ccccc1)C(=O)NC1CC(C)(C)N(O)C(C)(C)C1. The Morgan fingerprint density at radius 1 is 0.909 bits per heavy atom. The molecule has 4 atom stereocenters. The van der Waals surface area contributed by atoms with Crippen LogP contribution in [-0.2, 0) is 32.1 Å². The molecule has 11 nitrogen and oxygen atoms in total. The molecule has 0 saturated carbocycles. The van der Waals surface area contributed by atoms with Gasteiger partial charge in [0.1, 0.15) is 18.7 Å². The maximum Gasteiger partial charge on any atom is 0.407 e. The number of allylic oxidation sites excluding steroid dienone is 1. The van der Waals surface area contributed by atoms with Crippen LogP contribution in [0.2, 0.25) is 0 Å². The molecule has 0 radical (unpaired) electrons.